The first-order valence-corrected chi connectivity index (χ1v) is 8.67. The van der Waals surface area contributed by atoms with Gasteiger partial charge < -0.3 is 10.4 Å². The van der Waals surface area contributed by atoms with Crippen LogP contribution in [0.15, 0.2) is 0 Å². The van der Waals surface area contributed by atoms with Gasteiger partial charge in [-0.2, -0.15) is 10.1 Å². The molecule has 0 amide bonds. The van der Waals surface area contributed by atoms with Crippen molar-refractivity contribution in [2.75, 3.05) is 0 Å². The van der Waals surface area contributed by atoms with E-state index in [1.807, 2.05) is 0 Å². The number of rotatable bonds is 1. The van der Waals surface area contributed by atoms with Gasteiger partial charge in [0.2, 0.25) is 0 Å². The summed E-state index contributed by atoms with van der Waals surface area (Å²) in [5.74, 6) is 1.17. The van der Waals surface area contributed by atoms with Crippen molar-refractivity contribution < 1.29 is 10.4 Å². The average molecular weight is 312 g/mol. The molecule has 0 atom stereocenters. The number of hydrogen-bond acceptors (Lipinski definition) is 4. The third-order valence-electron chi connectivity index (χ3n) is 6.01. The van der Waals surface area contributed by atoms with Crippen molar-refractivity contribution in [1.29, 1.82) is 0 Å². The first kappa shape index (κ1) is 18.2. The SMILES string of the molecule is CC1(C)CC(C2CC(C)(C)N(O)C(C)(C)C2)CC(C)(C)N1O. The Morgan fingerprint density at radius 3 is 0.909 bits per heavy atom. The molecular formula is C18H36N2O2. The number of nitrogens with zero attached hydrogens (tertiary/aromatic N) is 2. The minimum absolute atomic E-state index is 0.197. The van der Waals surface area contributed by atoms with Crippen molar-refractivity contribution >= 4 is 0 Å². The maximum absolute atomic E-state index is 10.5. The molecule has 130 valence electrons. The zero-order chi connectivity index (χ0) is 17.1. The lowest BCUT2D eigenvalue weighted by molar-refractivity contribution is -0.273. The third kappa shape index (κ3) is 3.08. The van der Waals surface area contributed by atoms with E-state index in [4.69, 9.17) is 0 Å². The van der Waals surface area contributed by atoms with Crippen LogP contribution in [0.5, 0.6) is 0 Å². The van der Waals surface area contributed by atoms with Gasteiger partial charge >= 0.3 is 0 Å². The van der Waals surface area contributed by atoms with E-state index in [-0.39, 0.29) is 22.2 Å². The summed E-state index contributed by atoms with van der Waals surface area (Å²) in [6, 6.07) is 0. The van der Waals surface area contributed by atoms with E-state index in [2.05, 4.69) is 55.4 Å². The fourth-order valence-electron chi connectivity index (χ4n) is 5.36. The largest absolute Gasteiger partial charge is 0.313 e. The molecular weight excluding hydrogens is 276 g/mol. The fourth-order valence-corrected chi connectivity index (χ4v) is 5.36. The molecule has 2 heterocycles. The lowest BCUT2D eigenvalue weighted by Gasteiger charge is -2.57. The van der Waals surface area contributed by atoms with Crippen molar-refractivity contribution in [3.05, 3.63) is 0 Å². The molecule has 0 bridgehead atoms. The molecule has 2 aliphatic rings. The Morgan fingerprint density at radius 2 is 0.727 bits per heavy atom. The molecule has 0 aromatic rings. The number of hydrogen-bond donors (Lipinski definition) is 2. The van der Waals surface area contributed by atoms with Crippen LogP contribution in [0.3, 0.4) is 0 Å². The molecule has 22 heavy (non-hydrogen) atoms. The summed E-state index contributed by atoms with van der Waals surface area (Å²) in [6.45, 7) is 17.1. The minimum atomic E-state index is -0.197. The smallest absolute Gasteiger partial charge is 0.0413 e. The summed E-state index contributed by atoms with van der Waals surface area (Å²) in [6.07, 6.45) is 4.04. The van der Waals surface area contributed by atoms with Crippen LogP contribution in [0.2, 0.25) is 0 Å². The highest BCUT2D eigenvalue weighted by molar-refractivity contribution is 5.03. The summed E-state index contributed by atoms with van der Waals surface area (Å²) < 4.78 is 0. The van der Waals surface area contributed by atoms with Gasteiger partial charge in [0.05, 0.1) is 0 Å². The molecule has 4 nitrogen and oxygen atoms in total. The Kier molecular flexibility index (Phi) is 4.27. The standard InChI is InChI=1S/C18H36N2O2/c1-15(2)9-13(10-16(3,4)19(15)21)14-11-17(5,6)20(22)18(7,8)12-14/h13-14,21-22H,9-12H2,1-8H3. The van der Waals surface area contributed by atoms with Gasteiger partial charge in [-0.3, -0.25) is 0 Å². The van der Waals surface area contributed by atoms with E-state index in [0.717, 1.165) is 25.7 Å². The van der Waals surface area contributed by atoms with Gasteiger partial charge in [-0.05, 0) is 92.9 Å². The van der Waals surface area contributed by atoms with E-state index in [0.29, 0.717) is 11.8 Å². The van der Waals surface area contributed by atoms with Crippen LogP contribution in [0.25, 0.3) is 0 Å². The topological polar surface area (TPSA) is 46.9 Å². The molecule has 0 saturated carbocycles. The molecule has 0 aliphatic carbocycles. The summed E-state index contributed by atoms with van der Waals surface area (Å²) >= 11 is 0. The summed E-state index contributed by atoms with van der Waals surface area (Å²) in [4.78, 5) is 0. The van der Waals surface area contributed by atoms with Crippen molar-refractivity contribution in [2.24, 2.45) is 11.8 Å². The Bertz CT molecular complexity index is 353. The van der Waals surface area contributed by atoms with Crippen LogP contribution in [0.4, 0.5) is 0 Å². The second-order valence-corrected chi connectivity index (χ2v) is 10.2. The van der Waals surface area contributed by atoms with Crippen molar-refractivity contribution in [2.45, 2.75) is 103 Å². The first-order chi connectivity index (χ1) is 9.69. The van der Waals surface area contributed by atoms with Crippen LogP contribution in [0, 0.1) is 11.8 Å². The molecule has 2 aliphatic heterocycles. The summed E-state index contributed by atoms with van der Waals surface area (Å²) in [5.41, 5.74) is -0.789. The van der Waals surface area contributed by atoms with E-state index < -0.39 is 0 Å². The van der Waals surface area contributed by atoms with E-state index >= 15 is 0 Å². The van der Waals surface area contributed by atoms with Gasteiger partial charge in [-0.1, -0.05) is 0 Å². The zero-order valence-corrected chi connectivity index (χ0v) is 15.8. The predicted molar refractivity (Wildman–Crippen MR) is 89.0 cm³/mol. The monoisotopic (exact) mass is 312 g/mol. The molecule has 0 radical (unpaired) electrons. The minimum Gasteiger partial charge on any atom is -0.313 e. The van der Waals surface area contributed by atoms with Gasteiger partial charge in [0, 0.05) is 22.2 Å². The van der Waals surface area contributed by atoms with E-state index in [1.54, 1.807) is 10.1 Å². The van der Waals surface area contributed by atoms with E-state index in [9.17, 15) is 10.4 Å². The van der Waals surface area contributed by atoms with Gasteiger partial charge in [0.1, 0.15) is 0 Å². The molecule has 0 spiro atoms. The van der Waals surface area contributed by atoms with Crippen LogP contribution < -0.4 is 0 Å². The fraction of sp³-hybridized carbons (Fsp3) is 1.00. The van der Waals surface area contributed by atoms with Crippen molar-refractivity contribution in [1.82, 2.24) is 10.1 Å². The van der Waals surface area contributed by atoms with Gasteiger partial charge in [0.15, 0.2) is 0 Å². The Morgan fingerprint density at radius 1 is 0.545 bits per heavy atom. The maximum atomic E-state index is 10.5. The second-order valence-electron chi connectivity index (χ2n) is 10.2. The van der Waals surface area contributed by atoms with Crippen LogP contribution in [-0.2, 0) is 0 Å². The molecule has 2 fully saturated rings. The van der Waals surface area contributed by atoms with Gasteiger partial charge in [0.25, 0.3) is 0 Å². The third-order valence-corrected chi connectivity index (χ3v) is 6.01. The summed E-state index contributed by atoms with van der Waals surface area (Å²) in [7, 11) is 0. The molecule has 0 aromatic carbocycles. The van der Waals surface area contributed by atoms with Crippen LogP contribution >= 0.6 is 0 Å². The Balaban J connectivity index is 2.25. The lowest BCUT2D eigenvalue weighted by Crippen LogP contribution is -2.63. The molecule has 4 heteroatoms. The highest BCUT2D eigenvalue weighted by atomic mass is 16.5. The molecule has 2 rings (SSSR count). The van der Waals surface area contributed by atoms with Gasteiger partial charge in [-0.25, -0.2) is 0 Å². The molecule has 0 unspecified atom stereocenters. The zero-order valence-electron chi connectivity index (χ0n) is 15.8. The Labute approximate surface area is 136 Å². The summed E-state index contributed by atoms with van der Waals surface area (Å²) in [5, 5.41) is 24.2. The highest BCUT2D eigenvalue weighted by Crippen LogP contribution is 2.50. The van der Waals surface area contributed by atoms with Crippen molar-refractivity contribution in [3.8, 4) is 0 Å². The number of hydroxylamine groups is 4. The van der Waals surface area contributed by atoms with E-state index in [1.165, 1.54) is 0 Å². The average Bonchev–Trinajstić information content (AvgIpc) is 2.31. The molecule has 0 aromatic heterocycles. The molecule has 2 saturated heterocycles. The van der Waals surface area contributed by atoms with Crippen LogP contribution in [-0.4, -0.2) is 42.7 Å². The predicted octanol–water partition coefficient (Wildman–Crippen LogP) is 4.30. The lowest BCUT2D eigenvalue weighted by atomic mass is 9.63. The molecule has 2 N–H and O–H groups in total. The Hall–Kier alpha value is -0.160. The quantitative estimate of drug-likeness (QED) is 0.757. The second kappa shape index (κ2) is 5.17. The van der Waals surface area contributed by atoms with Gasteiger partial charge in [-0.15, -0.1) is 0 Å². The van der Waals surface area contributed by atoms with Crippen LogP contribution in [0.1, 0.15) is 81.1 Å². The maximum Gasteiger partial charge on any atom is 0.0413 e. The number of piperidine rings is 2. The van der Waals surface area contributed by atoms with Crippen molar-refractivity contribution in [3.63, 3.8) is 0 Å². The first-order valence-electron chi connectivity index (χ1n) is 8.67. The highest BCUT2D eigenvalue weighted by Gasteiger charge is 2.52. The normalized spacial score (nSPS) is 33.0.